The van der Waals surface area contributed by atoms with Gasteiger partial charge in [0.25, 0.3) is 0 Å². The maximum atomic E-state index is 10.7. The van der Waals surface area contributed by atoms with E-state index in [2.05, 4.69) is 0 Å². The fourth-order valence-corrected chi connectivity index (χ4v) is 1.50. The smallest absolute Gasteiger partial charge is 0.211 e. The van der Waals surface area contributed by atoms with E-state index in [1.54, 1.807) is 6.92 Å². The van der Waals surface area contributed by atoms with Crippen molar-refractivity contribution in [1.29, 1.82) is 0 Å². The average molecular weight is 165 g/mol. The third kappa shape index (κ3) is 2.66. The summed E-state index contributed by atoms with van der Waals surface area (Å²) >= 11 is 0. The van der Waals surface area contributed by atoms with Crippen LogP contribution in [0, 0.1) is 5.92 Å². The molecule has 0 aromatic carbocycles. The fraction of sp³-hybridized carbons (Fsp3) is 1.00. The van der Waals surface area contributed by atoms with Crippen LogP contribution in [0.4, 0.5) is 0 Å². The summed E-state index contributed by atoms with van der Waals surface area (Å²) in [6.45, 7) is 5.48. The Hall–Kier alpha value is -0.0900. The standard InChI is InChI=1S/C6H15NO2S/c1-4-5(2)6(3)10(7,8)9/h5-6H,4H2,1-3H3,(H2,7,8,9)/t5-,6-/m0/s1. The first-order chi connectivity index (χ1) is 4.39. The molecule has 0 aliphatic rings. The quantitative estimate of drug-likeness (QED) is 0.669. The zero-order valence-electron chi connectivity index (χ0n) is 6.66. The van der Waals surface area contributed by atoms with Crippen molar-refractivity contribution >= 4 is 10.0 Å². The lowest BCUT2D eigenvalue weighted by Gasteiger charge is -2.14. The highest BCUT2D eigenvalue weighted by Crippen LogP contribution is 2.12. The third-order valence-electron chi connectivity index (χ3n) is 1.96. The van der Waals surface area contributed by atoms with E-state index in [9.17, 15) is 8.42 Å². The first kappa shape index (κ1) is 9.91. The Labute approximate surface area is 62.7 Å². The summed E-state index contributed by atoms with van der Waals surface area (Å²) in [4.78, 5) is 0. The molecule has 0 unspecified atom stereocenters. The second-order valence-electron chi connectivity index (χ2n) is 2.68. The number of primary sulfonamides is 1. The van der Waals surface area contributed by atoms with Crippen LogP contribution in [0.15, 0.2) is 0 Å². The molecular formula is C6H15NO2S. The van der Waals surface area contributed by atoms with E-state index >= 15 is 0 Å². The largest absolute Gasteiger partial charge is 0.228 e. The number of hydrogen-bond acceptors (Lipinski definition) is 2. The zero-order valence-corrected chi connectivity index (χ0v) is 7.48. The average Bonchev–Trinajstić information content (AvgIpc) is 1.83. The molecule has 3 nitrogen and oxygen atoms in total. The summed E-state index contributed by atoms with van der Waals surface area (Å²) in [7, 11) is -3.31. The molecule has 62 valence electrons. The van der Waals surface area contributed by atoms with E-state index in [1.165, 1.54) is 0 Å². The molecule has 0 heterocycles. The second-order valence-corrected chi connectivity index (χ2v) is 4.60. The van der Waals surface area contributed by atoms with Crippen molar-refractivity contribution in [2.24, 2.45) is 11.1 Å². The Morgan fingerprint density at radius 2 is 1.80 bits per heavy atom. The van der Waals surface area contributed by atoms with E-state index in [-0.39, 0.29) is 5.92 Å². The molecule has 4 heteroatoms. The molecule has 2 atom stereocenters. The van der Waals surface area contributed by atoms with Crippen molar-refractivity contribution in [1.82, 2.24) is 0 Å². The minimum atomic E-state index is -3.31. The molecule has 0 amide bonds. The van der Waals surface area contributed by atoms with E-state index < -0.39 is 15.3 Å². The molecule has 0 saturated carbocycles. The summed E-state index contributed by atoms with van der Waals surface area (Å²) in [6.07, 6.45) is 0.845. The van der Waals surface area contributed by atoms with Gasteiger partial charge in [0.1, 0.15) is 0 Å². The van der Waals surface area contributed by atoms with Gasteiger partial charge < -0.3 is 0 Å². The molecule has 0 aromatic heterocycles. The lowest BCUT2D eigenvalue weighted by molar-refractivity contribution is 0.510. The first-order valence-electron chi connectivity index (χ1n) is 3.41. The molecule has 0 aromatic rings. The highest BCUT2D eigenvalue weighted by Gasteiger charge is 2.20. The van der Waals surface area contributed by atoms with Crippen molar-refractivity contribution in [3.05, 3.63) is 0 Å². The lowest BCUT2D eigenvalue weighted by Crippen LogP contribution is -2.30. The van der Waals surface area contributed by atoms with Gasteiger partial charge in [0, 0.05) is 0 Å². The van der Waals surface area contributed by atoms with Crippen LogP contribution in [0.5, 0.6) is 0 Å². The Kier molecular flexibility index (Phi) is 3.31. The molecule has 0 bridgehead atoms. The molecule has 0 rings (SSSR count). The van der Waals surface area contributed by atoms with Gasteiger partial charge in [-0.1, -0.05) is 20.3 Å². The predicted octanol–water partition coefficient (Wildman–Crippen LogP) is 0.710. The summed E-state index contributed by atoms with van der Waals surface area (Å²) in [5, 5.41) is 4.51. The van der Waals surface area contributed by atoms with Crippen molar-refractivity contribution in [2.75, 3.05) is 0 Å². The van der Waals surface area contributed by atoms with Gasteiger partial charge >= 0.3 is 0 Å². The van der Waals surface area contributed by atoms with Crippen LogP contribution in [-0.4, -0.2) is 13.7 Å². The van der Waals surface area contributed by atoms with Crippen molar-refractivity contribution in [3.63, 3.8) is 0 Å². The van der Waals surface area contributed by atoms with Crippen LogP contribution < -0.4 is 5.14 Å². The highest BCUT2D eigenvalue weighted by molar-refractivity contribution is 7.89. The van der Waals surface area contributed by atoms with E-state index in [0.717, 1.165) is 6.42 Å². The number of hydrogen-bond donors (Lipinski definition) is 1. The lowest BCUT2D eigenvalue weighted by atomic mass is 10.1. The molecule has 0 radical (unpaired) electrons. The first-order valence-corrected chi connectivity index (χ1v) is 5.02. The van der Waals surface area contributed by atoms with Crippen molar-refractivity contribution in [3.8, 4) is 0 Å². The monoisotopic (exact) mass is 165 g/mol. The van der Waals surface area contributed by atoms with Crippen LogP contribution >= 0.6 is 0 Å². The molecule has 2 N–H and O–H groups in total. The van der Waals surface area contributed by atoms with E-state index in [4.69, 9.17) is 5.14 Å². The van der Waals surface area contributed by atoms with Gasteiger partial charge in [-0.25, -0.2) is 13.6 Å². The zero-order chi connectivity index (χ0) is 8.36. The minimum Gasteiger partial charge on any atom is -0.228 e. The molecule has 10 heavy (non-hydrogen) atoms. The molecule has 0 saturated heterocycles. The number of sulfonamides is 1. The summed E-state index contributed by atoms with van der Waals surface area (Å²) in [5.74, 6) is 0.148. The van der Waals surface area contributed by atoms with Gasteiger partial charge in [-0.05, 0) is 12.8 Å². The van der Waals surface area contributed by atoms with E-state index in [0.29, 0.717) is 0 Å². The summed E-state index contributed by atoms with van der Waals surface area (Å²) in [5.41, 5.74) is 0. The number of nitrogens with two attached hydrogens (primary N) is 1. The SMILES string of the molecule is CC[C@H](C)[C@H](C)S(N)(=O)=O. The Morgan fingerprint density at radius 1 is 1.40 bits per heavy atom. The minimum absolute atomic E-state index is 0.148. The molecule has 0 aliphatic carbocycles. The van der Waals surface area contributed by atoms with Crippen LogP contribution in [-0.2, 0) is 10.0 Å². The van der Waals surface area contributed by atoms with Crippen LogP contribution in [0.25, 0.3) is 0 Å². The predicted molar refractivity (Wildman–Crippen MR) is 42.0 cm³/mol. The van der Waals surface area contributed by atoms with Crippen LogP contribution in [0.2, 0.25) is 0 Å². The van der Waals surface area contributed by atoms with Crippen molar-refractivity contribution < 1.29 is 8.42 Å². The maximum absolute atomic E-state index is 10.7. The Bertz CT molecular complexity index is 186. The van der Waals surface area contributed by atoms with Gasteiger partial charge in [-0.2, -0.15) is 0 Å². The molecule has 0 fully saturated rings. The highest BCUT2D eigenvalue weighted by atomic mass is 32.2. The van der Waals surface area contributed by atoms with E-state index in [1.807, 2.05) is 13.8 Å². The molecular weight excluding hydrogens is 150 g/mol. The summed E-state index contributed by atoms with van der Waals surface area (Å²) < 4.78 is 21.4. The fourth-order valence-electron chi connectivity index (χ4n) is 0.656. The van der Waals surface area contributed by atoms with Crippen LogP contribution in [0.3, 0.4) is 0 Å². The van der Waals surface area contributed by atoms with Gasteiger partial charge in [0.15, 0.2) is 0 Å². The normalized spacial score (nSPS) is 18.4. The topological polar surface area (TPSA) is 60.2 Å². The molecule has 0 spiro atoms. The van der Waals surface area contributed by atoms with Gasteiger partial charge in [0.2, 0.25) is 10.0 Å². The maximum Gasteiger partial charge on any atom is 0.211 e. The second kappa shape index (κ2) is 3.34. The molecule has 0 aliphatic heterocycles. The van der Waals surface area contributed by atoms with Crippen molar-refractivity contribution in [2.45, 2.75) is 32.4 Å². The Morgan fingerprint density at radius 3 is 1.90 bits per heavy atom. The van der Waals surface area contributed by atoms with Gasteiger partial charge in [0.05, 0.1) is 5.25 Å². The van der Waals surface area contributed by atoms with Gasteiger partial charge in [-0.15, -0.1) is 0 Å². The van der Waals surface area contributed by atoms with Crippen LogP contribution in [0.1, 0.15) is 27.2 Å². The third-order valence-corrected chi connectivity index (χ3v) is 3.46. The van der Waals surface area contributed by atoms with Gasteiger partial charge in [-0.3, -0.25) is 0 Å². The summed E-state index contributed by atoms with van der Waals surface area (Å²) in [6, 6.07) is 0. The number of rotatable bonds is 3. The Balaban J connectivity index is 4.23.